The Morgan fingerprint density at radius 3 is 2.67 bits per heavy atom. The van der Waals surface area contributed by atoms with E-state index in [9.17, 15) is 0 Å². The predicted molar refractivity (Wildman–Crippen MR) is 91.4 cm³/mol. The molecular formula is C19H26N2. The van der Waals surface area contributed by atoms with Crippen molar-refractivity contribution in [2.75, 3.05) is 13.6 Å². The van der Waals surface area contributed by atoms with Crippen LogP contribution < -0.4 is 0 Å². The molecule has 2 nitrogen and oxygen atoms in total. The molecule has 1 aromatic heterocycles. The van der Waals surface area contributed by atoms with Gasteiger partial charge in [0.1, 0.15) is 0 Å². The third kappa shape index (κ3) is 2.71. The lowest BCUT2D eigenvalue weighted by molar-refractivity contribution is 0.213. The Kier molecular flexibility index (Phi) is 5.09. The van der Waals surface area contributed by atoms with E-state index in [0.717, 1.165) is 25.8 Å². The first-order valence-corrected chi connectivity index (χ1v) is 7.94. The van der Waals surface area contributed by atoms with E-state index in [4.69, 9.17) is 6.42 Å². The summed E-state index contributed by atoms with van der Waals surface area (Å²) in [5.41, 5.74) is 4.33. The summed E-state index contributed by atoms with van der Waals surface area (Å²) >= 11 is 0. The van der Waals surface area contributed by atoms with Crippen molar-refractivity contribution >= 4 is 10.9 Å². The highest BCUT2D eigenvalue weighted by atomic mass is 15.2. The molecule has 3 rings (SSSR count). The second-order valence-electron chi connectivity index (χ2n) is 5.43. The Morgan fingerprint density at radius 1 is 1.24 bits per heavy atom. The van der Waals surface area contributed by atoms with Crippen molar-refractivity contribution in [3.63, 3.8) is 0 Å². The molecule has 0 spiro atoms. The fourth-order valence-electron chi connectivity index (χ4n) is 3.41. The lowest BCUT2D eigenvalue weighted by atomic mass is 9.95. The summed E-state index contributed by atoms with van der Waals surface area (Å²) in [4.78, 5) is 2.44. The van der Waals surface area contributed by atoms with Crippen LogP contribution in [-0.4, -0.2) is 23.1 Å². The molecule has 1 atom stereocenters. The first-order valence-electron chi connectivity index (χ1n) is 7.94. The molecule has 0 saturated heterocycles. The zero-order valence-electron chi connectivity index (χ0n) is 13.7. The van der Waals surface area contributed by atoms with E-state index in [1.165, 1.54) is 22.2 Å². The van der Waals surface area contributed by atoms with Crippen molar-refractivity contribution in [3.05, 3.63) is 35.5 Å². The molecule has 0 fully saturated rings. The zero-order valence-corrected chi connectivity index (χ0v) is 13.7. The van der Waals surface area contributed by atoms with Crippen molar-refractivity contribution in [3.8, 4) is 12.3 Å². The van der Waals surface area contributed by atoms with E-state index >= 15 is 0 Å². The summed E-state index contributed by atoms with van der Waals surface area (Å²) in [6, 6.07) is 9.17. The number of likely N-dealkylation sites (N-methyl/N-ethyl adjacent to an activating group) is 1. The number of aromatic nitrogens is 1. The second kappa shape index (κ2) is 6.83. The molecule has 21 heavy (non-hydrogen) atoms. The molecule has 0 N–H and O–H groups in total. The Morgan fingerprint density at radius 2 is 1.95 bits per heavy atom. The van der Waals surface area contributed by atoms with Gasteiger partial charge in [0.05, 0.1) is 6.04 Å². The fourth-order valence-corrected chi connectivity index (χ4v) is 3.41. The normalized spacial score (nSPS) is 17.8. The van der Waals surface area contributed by atoms with Gasteiger partial charge in [-0.15, -0.1) is 12.3 Å². The van der Waals surface area contributed by atoms with Crippen molar-refractivity contribution in [2.24, 2.45) is 7.05 Å². The smallest absolute Gasteiger partial charge is 0.0509 e. The van der Waals surface area contributed by atoms with Gasteiger partial charge in [-0.3, -0.25) is 4.90 Å². The predicted octanol–water partition coefficient (Wildman–Crippen LogP) is 4.15. The van der Waals surface area contributed by atoms with Crippen LogP contribution in [0.3, 0.4) is 0 Å². The average Bonchev–Trinajstić information content (AvgIpc) is 2.82. The van der Waals surface area contributed by atoms with Crippen LogP contribution in [0.2, 0.25) is 0 Å². The summed E-state index contributed by atoms with van der Waals surface area (Å²) in [6.07, 6.45) is 8.48. The van der Waals surface area contributed by atoms with Crippen LogP contribution in [0.1, 0.15) is 44.0 Å². The number of para-hydroxylation sites is 1. The van der Waals surface area contributed by atoms with Crippen LogP contribution in [0.15, 0.2) is 24.3 Å². The zero-order chi connectivity index (χ0) is 15.4. The monoisotopic (exact) mass is 282 g/mol. The number of hydrogen-bond acceptors (Lipinski definition) is 1. The molecule has 2 aromatic rings. The van der Waals surface area contributed by atoms with Gasteiger partial charge in [-0.05, 0) is 31.5 Å². The van der Waals surface area contributed by atoms with E-state index < -0.39 is 0 Å². The van der Waals surface area contributed by atoms with Gasteiger partial charge < -0.3 is 4.57 Å². The highest BCUT2D eigenvalue weighted by molar-refractivity contribution is 5.86. The first kappa shape index (κ1) is 15.7. The number of fused-ring (bicyclic) bond motifs is 3. The van der Waals surface area contributed by atoms with Crippen LogP contribution in [0, 0.1) is 12.3 Å². The molecule has 112 valence electrons. The maximum atomic E-state index is 5.45. The van der Waals surface area contributed by atoms with Crippen LogP contribution in [0.5, 0.6) is 0 Å². The van der Waals surface area contributed by atoms with Crippen LogP contribution in [-0.2, 0) is 13.5 Å². The van der Waals surface area contributed by atoms with Crippen molar-refractivity contribution in [1.29, 1.82) is 0 Å². The molecule has 1 aromatic carbocycles. The SMILES string of the molecule is C#CCCC1c2c(c3ccccc3n2C)CCN1C.CC. The third-order valence-corrected chi connectivity index (χ3v) is 4.39. The minimum atomic E-state index is 0.456. The Bertz CT molecular complexity index is 645. The number of hydrogen-bond donors (Lipinski definition) is 0. The molecular weight excluding hydrogens is 256 g/mol. The lowest BCUT2D eigenvalue weighted by Gasteiger charge is -2.33. The molecule has 0 aliphatic carbocycles. The summed E-state index contributed by atoms with van der Waals surface area (Å²) in [7, 11) is 4.39. The van der Waals surface area contributed by atoms with Gasteiger partial charge in [0.15, 0.2) is 0 Å². The number of benzene rings is 1. The third-order valence-electron chi connectivity index (χ3n) is 4.39. The quantitative estimate of drug-likeness (QED) is 0.751. The number of nitrogens with zero attached hydrogens (tertiary/aromatic N) is 2. The van der Waals surface area contributed by atoms with Crippen molar-refractivity contribution in [2.45, 2.75) is 39.2 Å². The minimum absolute atomic E-state index is 0.456. The second-order valence-corrected chi connectivity index (χ2v) is 5.43. The summed E-state index contributed by atoms with van der Waals surface area (Å²) < 4.78 is 2.36. The number of terminal acetylenes is 1. The number of aryl methyl sites for hydroxylation is 1. The van der Waals surface area contributed by atoms with Crippen LogP contribution in [0.4, 0.5) is 0 Å². The topological polar surface area (TPSA) is 8.17 Å². The van der Waals surface area contributed by atoms with Crippen LogP contribution in [0.25, 0.3) is 10.9 Å². The maximum Gasteiger partial charge on any atom is 0.0509 e. The molecule has 0 radical (unpaired) electrons. The Hall–Kier alpha value is -1.72. The molecule has 1 aliphatic rings. The highest BCUT2D eigenvalue weighted by Crippen LogP contribution is 2.37. The van der Waals surface area contributed by atoms with Gasteiger partial charge in [0.25, 0.3) is 0 Å². The van der Waals surface area contributed by atoms with Gasteiger partial charge in [-0.1, -0.05) is 32.0 Å². The molecule has 1 unspecified atom stereocenters. The highest BCUT2D eigenvalue weighted by Gasteiger charge is 2.29. The summed E-state index contributed by atoms with van der Waals surface area (Å²) in [6.45, 7) is 5.12. The van der Waals surface area contributed by atoms with E-state index in [2.05, 4.69) is 53.7 Å². The van der Waals surface area contributed by atoms with Gasteiger partial charge in [-0.2, -0.15) is 0 Å². The van der Waals surface area contributed by atoms with Gasteiger partial charge >= 0.3 is 0 Å². The van der Waals surface area contributed by atoms with Crippen molar-refractivity contribution in [1.82, 2.24) is 9.47 Å². The average molecular weight is 282 g/mol. The Balaban J connectivity index is 0.000000774. The van der Waals surface area contributed by atoms with Gasteiger partial charge in [0, 0.05) is 36.6 Å². The molecule has 0 saturated carbocycles. The lowest BCUT2D eigenvalue weighted by Crippen LogP contribution is -2.33. The van der Waals surface area contributed by atoms with Gasteiger partial charge in [0.2, 0.25) is 0 Å². The van der Waals surface area contributed by atoms with E-state index in [1.807, 2.05) is 13.8 Å². The molecule has 0 bridgehead atoms. The molecule has 1 aliphatic heterocycles. The molecule has 0 amide bonds. The van der Waals surface area contributed by atoms with E-state index in [0.29, 0.717) is 6.04 Å². The van der Waals surface area contributed by atoms with Crippen LogP contribution >= 0.6 is 0 Å². The summed E-state index contributed by atoms with van der Waals surface area (Å²) in [5.74, 6) is 2.78. The molecule has 2 heteroatoms. The number of rotatable bonds is 2. The van der Waals surface area contributed by atoms with E-state index in [1.54, 1.807) is 0 Å². The maximum absolute atomic E-state index is 5.45. The van der Waals surface area contributed by atoms with E-state index in [-0.39, 0.29) is 0 Å². The largest absolute Gasteiger partial charge is 0.346 e. The fraction of sp³-hybridized carbons (Fsp3) is 0.474. The standard InChI is InChI=1S/C17H20N2.C2H6/c1-4-5-9-16-17-14(11-12-18(16)2)13-8-6-7-10-15(13)19(17)3;1-2/h1,6-8,10,16H,5,9,11-12H2,2-3H3;1-2H3. The first-order chi connectivity index (χ1) is 10.2. The van der Waals surface area contributed by atoms with Gasteiger partial charge in [-0.25, -0.2) is 0 Å². The summed E-state index contributed by atoms with van der Waals surface area (Å²) in [5, 5.41) is 1.42. The Labute approximate surface area is 128 Å². The molecule has 2 heterocycles. The minimum Gasteiger partial charge on any atom is -0.346 e. The van der Waals surface area contributed by atoms with Crippen molar-refractivity contribution < 1.29 is 0 Å².